The third-order valence-corrected chi connectivity index (χ3v) is 6.65. The number of hydrogen-bond acceptors (Lipinski definition) is 3. The summed E-state index contributed by atoms with van der Waals surface area (Å²) in [7, 11) is 1.49. The van der Waals surface area contributed by atoms with E-state index in [-0.39, 0.29) is 5.69 Å². The van der Waals surface area contributed by atoms with Gasteiger partial charge in [-0.25, -0.2) is 0 Å². The van der Waals surface area contributed by atoms with Crippen molar-refractivity contribution in [3.63, 3.8) is 0 Å². The third kappa shape index (κ3) is 21.4. The summed E-state index contributed by atoms with van der Waals surface area (Å²) in [5.41, 5.74) is 0.945. The average Bonchev–Trinajstić information content (AvgIpc) is 3.46. The number of aryl methyl sites for hydroxylation is 1. The van der Waals surface area contributed by atoms with Crippen LogP contribution in [0, 0.1) is 23.0 Å². The summed E-state index contributed by atoms with van der Waals surface area (Å²) >= 11 is 0. The van der Waals surface area contributed by atoms with Crippen LogP contribution in [0.2, 0.25) is 0 Å². The van der Waals surface area contributed by atoms with Crippen LogP contribution in [0.4, 0.5) is 5.69 Å². The number of benzene rings is 1. The monoisotopic (exact) mass is 493 g/mol. The van der Waals surface area contributed by atoms with E-state index in [9.17, 15) is 10.1 Å². The van der Waals surface area contributed by atoms with E-state index >= 15 is 0 Å². The summed E-state index contributed by atoms with van der Waals surface area (Å²) in [5, 5.41) is 10.3. The molecule has 1 aromatic rings. The van der Waals surface area contributed by atoms with Crippen molar-refractivity contribution in [2.45, 2.75) is 151 Å². The second kappa shape index (κ2) is 27.0. The predicted molar refractivity (Wildman–Crippen MR) is 155 cm³/mol. The Hall–Kier alpha value is -1.58. The molecule has 3 saturated carbocycles. The smallest absolute Gasteiger partial charge is 0.273 e. The van der Waals surface area contributed by atoms with Crippen molar-refractivity contribution in [2.24, 2.45) is 5.92 Å². The van der Waals surface area contributed by atoms with Crippen LogP contribution >= 0.6 is 0 Å². The normalized spacial score (nSPS) is 15.9. The highest BCUT2D eigenvalue weighted by Crippen LogP contribution is 2.25. The number of unbranched alkanes of at least 4 members (excludes halogenated alkanes) is 1. The fourth-order valence-electron chi connectivity index (χ4n) is 3.65. The molecule has 0 radical (unpaired) electrons. The average molecular weight is 494 g/mol. The number of nitrogens with zero attached hydrogens (tertiary/aromatic N) is 1. The van der Waals surface area contributed by atoms with Crippen molar-refractivity contribution in [1.29, 1.82) is 0 Å². The minimum Gasteiger partial charge on any atom is -0.496 e. The zero-order valence-corrected chi connectivity index (χ0v) is 24.5. The summed E-state index contributed by atoms with van der Waals surface area (Å²) in [6, 6.07) is 4.53. The highest BCUT2D eigenvalue weighted by molar-refractivity contribution is 5.43. The van der Waals surface area contributed by atoms with Gasteiger partial charge < -0.3 is 4.74 Å². The van der Waals surface area contributed by atoms with Crippen LogP contribution < -0.4 is 4.74 Å². The molecule has 3 aliphatic rings. The van der Waals surface area contributed by atoms with Gasteiger partial charge in [0.15, 0.2) is 0 Å². The lowest BCUT2D eigenvalue weighted by Gasteiger charge is -2.18. The number of ether oxygens (including phenoxy) is 1. The maximum Gasteiger partial charge on any atom is 0.273 e. The van der Waals surface area contributed by atoms with Crippen LogP contribution in [0.25, 0.3) is 0 Å². The molecule has 0 atom stereocenters. The molecule has 0 saturated heterocycles. The maximum absolute atomic E-state index is 10.3. The van der Waals surface area contributed by atoms with E-state index < -0.39 is 4.92 Å². The lowest BCUT2D eigenvalue weighted by atomic mass is 9.88. The molecular formula is C31H59NO3. The Kier molecular flexibility index (Phi) is 27.5. The quantitative estimate of drug-likeness (QED) is 0.309. The second-order valence-electron chi connectivity index (χ2n) is 9.51. The molecule has 4 rings (SSSR count). The maximum atomic E-state index is 10.3. The van der Waals surface area contributed by atoms with Crippen molar-refractivity contribution in [3.8, 4) is 5.75 Å². The molecule has 0 aromatic heterocycles. The van der Waals surface area contributed by atoms with E-state index in [1.165, 1.54) is 128 Å². The SMILES string of the molecule is C1CCC1.C1CCCC1.CC.CCC1CCCCC1.CCCC.COc1cc([N+](=O)[O-])ccc1C. The molecule has 0 aliphatic heterocycles. The van der Waals surface area contributed by atoms with Crippen molar-refractivity contribution in [1.82, 2.24) is 0 Å². The molecule has 206 valence electrons. The topological polar surface area (TPSA) is 52.4 Å². The Morgan fingerprint density at radius 2 is 1.20 bits per heavy atom. The molecule has 4 nitrogen and oxygen atoms in total. The van der Waals surface area contributed by atoms with Crippen LogP contribution in [0.3, 0.4) is 0 Å². The molecule has 0 amide bonds. The standard InChI is InChI=1S/C8H9NO3.C8H16.C5H10.C4H8.C4H10.C2H6/c1-6-3-4-7(9(10)11)5-8(6)12-2;1-2-8-6-4-3-5-7-8;1-2-4-5-3-1;1-2-4-3-1;1-3-4-2;1-2/h3-5H,1-2H3;8H,2-7H2,1H3;1-5H2;1-4H2;3-4H2,1-2H3;1-2H3. The molecule has 1 aromatic carbocycles. The zero-order chi connectivity index (χ0) is 26.7. The first kappa shape index (κ1) is 35.6. The van der Waals surface area contributed by atoms with Gasteiger partial charge in [0.25, 0.3) is 5.69 Å². The van der Waals surface area contributed by atoms with E-state index in [4.69, 9.17) is 4.74 Å². The summed E-state index contributed by atoms with van der Waals surface area (Å²) < 4.78 is 4.93. The number of methoxy groups -OCH3 is 1. The van der Waals surface area contributed by atoms with E-state index in [2.05, 4.69) is 20.8 Å². The summed E-state index contributed by atoms with van der Waals surface area (Å²) in [4.78, 5) is 9.89. The molecule has 0 N–H and O–H groups in total. The number of hydrogen-bond donors (Lipinski definition) is 0. The molecule has 3 aliphatic carbocycles. The molecule has 3 fully saturated rings. The highest BCUT2D eigenvalue weighted by Gasteiger charge is 2.09. The van der Waals surface area contributed by atoms with E-state index in [0.717, 1.165) is 11.5 Å². The van der Waals surface area contributed by atoms with Gasteiger partial charge >= 0.3 is 0 Å². The van der Waals surface area contributed by atoms with Gasteiger partial charge in [-0.15, -0.1) is 0 Å². The summed E-state index contributed by atoms with van der Waals surface area (Å²) in [6.07, 6.45) is 25.1. The van der Waals surface area contributed by atoms with Crippen LogP contribution in [0.15, 0.2) is 18.2 Å². The van der Waals surface area contributed by atoms with Crippen molar-refractivity contribution in [3.05, 3.63) is 33.9 Å². The number of nitro groups is 1. The minimum atomic E-state index is -0.443. The van der Waals surface area contributed by atoms with Crippen molar-refractivity contribution < 1.29 is 9.66 Å². The number of rotatable bonds is 4. The first-order valence-corrected chi connectivity index (χ1v) is 14.8. The Labute approximate surface area is 218 Å². The molecule has 4 heteroatoms. The summed E-state index contributed by atoms with van der Waals surface area (Å²) in [5.74, 6) is 1.63. The van der Waals surface area contributed by atoms with Gasteiger partial charge in [0.05, 0.1) is 18.1 Å². The Bertz CT molecular complexity index is 561. The van der Waals surface area contributed by atoms with Gasteiger partial charge in [-0.1, -0.05) is 144 Å². The van der Waals surface area contributed by atoms with Gasteiger partial charge in [-0.3, -0.25) is 10.1 Å². The van der Waals surface area contributed by atoms with Gasteiger partial charge in [0, 0.05) is 6.07 Å². The van der Waals surface area contributed by atoms with Crippen LogP contribution in [0.1, 0.15) is 149 Å². The Balaban J connectivity index is 0. The zero-order valence-electron chi connectivity index (χ0n) is 24.5. The Morgan fingerprint density at radius 1 is 0.800 bits per heavy atom. The molecular weight excluding hydrogens is 434 g/mol. The molecule has 0 spiro atoms. The van der Waals surface area contributed by atoms with E-state index in [0.29, 0.717) is 5.75 Å². The fraction of sp³-hybridized carbons (Fsp3) is 0.806. The fourth-order valence-corrected chi connectivity index (χ4v) is 3.65. The van der Waals surface area contributed by atoms with E-state index in [1.54, 1.807) is 6.07 Å². The molecule has 0 bridgehead atoms. The second-order valence-corrected chi connectivity index (χ2v) is 9.51. The third-order valence-electron chi connectivity index (χ3n) is 6.65. The number of non-ortho nitro benzene ring substituents is 1. The van der Waals surface area contributed by atoms with Crippen LogP contribution in [-0.2, 0) is 0 Å². The van der Waals surface area contributed by atoms with Gasteiger partial charge in [-0.05, 0) is 24.5 Å². The number of nitro benzene ring substituents is 1. The lowest BCUT2D eigenvalue weighted by molar-refractivity contribution is -0.384. The minimum absolute atomic E-state index is 0.0532. The van der Waals surface area contributed by atoms with Crippen molar-refractivity contribution in [2.75, 3.05) is 7.11 Å². The van der Waals surface area contributed by atoms with Gasteiger partial charge in [-0.2, -0.15) is 0 Å². The van der Waals surface area contributed by atoms with Crippen LogP contribution in [-0.4, -0.2) is 12.0 Å². The first-order valence-electron chi connectivity index (χ1n) is 14.8. The lowest BCUT2D eigenvalue weighted by Crippen LogP contribution is -2.03. The van der Waals surface area contributed by atoms with Crippen molar-refractivity contribution >= 4 is 5.69 Å². The highest BCUT2D eigenvalue weighted by atomic mass is 16.6. The predicted octanol–water partition coefficient (Wildman–Crippen LogP) is 11.2. The van der Waals surface area contributed by atoms with Gasteiger partial charge in [0.2, 0.25) is 0 Å². The summed E-state index contributed by atoms with van der Waals surface area (Å²) in [6.45, 7) is 12.5. The largest absolute Gasteiger partial charge is 0.496 e. The molecule has 0 unspecified atom stereocenters. The molecule has 35 heavy (non-hydrogen) atoms. The Morgan fingerprint density at radius 3 is 1.49 bits per heavy atom. The molecule has 0 heterocycles. The van der Waals surface area contributed by atoms with Crippen LogP contribution in [0.5, 0.6) is 5.75 Å². The van der Waals surface area contributed by atoms with Gasteiger partial charge in [0.1, 0.15) is 5.75 Å². The first-order chi connectivity index (χ1) is 17.0. The van der Waals surface area contributed by atoms with E-state index in [1.807, 2.05) is 20.8 Å².